The highest BCUT2D eigenvalue weighted by Crippen LogP contribution is 2.49. The van der Waals surface area contributed by atoms with Gasteiger partial charge in [0.15, 0.2) is 5.58 Å². The van der Waals surface area contributed by atoms with Gasteiger partial charge in [-0.05, 0) is 69.9 Å². The van der Waals surface area contributed by atoms with Crippen molar-refractivity contribution in [1.82, 2.24) is 0 Å². The Labute approximate surface area is 282 Å². The van der Waals surface area contributed by atoms with Crippen LogP contribution in [-0.2, 0) is 0 Å². The Hall–Kier alpha value is -6.58. The fourth-order valence-corrected chi connectivity index (χ4v) is 7.42. The summed E-state index contributed by atoms with van der Waals surface area (Å²) in [7, 11) is 0. The summed E-state index contributed by atoms with van der Waals surface area (Å²) in [6, 6.07) is 61.8. The summed E-state index contributed by atoms with van der Waals surface area (Å²) in [6.45, 7) is 0. The van der Waals surface area contributed by atoms with Crippen LogP contribution in [0.3, 0.4) is 0 Å². The summed E-state index contributed by atoms with van der Waals surface area (Å²) in [5.41, 5.74) is 11.0. The fourth-order valence-electron chi connectivity index (χ4n) is 7.42. The van der Waals surface area contributed by atoms with Gasteiger partial charge < -0.3 is 13.7 Å². The van der Waals surface area contributed by atoms with Gasteiger partial charge in [-0.2, -0.15) is 0 Å². The van der Waals surface area contributed by atoms with Crippen LogP contribution in [-0.4, -0.2) is 0 Å². The van der Waals surface area contributed by atoms with Crippen LogP contribution in [0.15, 0.2) is 185 Å². The SMILES string of the molecule is c1ccc(-c2ccc(N(c3cccc4c3oc3ccccc34)c3cccc4oc5c(-c6ccccc6)cc6ccccc6c5c34)cc2)cc1. The van der Waals surface area contributed by atoms with Crippen LogP contribution < -0.4 is 4.90 Å². The van der Waals surface area contributed by atoms with Crippen molar-refractivity contribution >= 4 is 71.7 Å². The molecule has 0 amide bonds. The largest absolute Gasteiger partial charge is 0.455 e. The van der Waals surface area contributed by atoms with Gasteiger partial charge in [0.1, 0.15) is 16.7 Å². The average Bonchev–Trinajstić information content (AvgIpc) is 3.76. The first kappa shape index (κ1) is 27.5. The summed E-state index contributed by atoms with van der Waals surface area (Å²) in [5, 5.41) is 6.68. The smallest absolute Gasteiger partial charge is 0.159 e. The monoisotopic (exact) mass is 627 g/mol. The number of rotatable bonds is 5. The zero-order valence-corrected chi connectivity index (χ0v) is 26.5. The predicted octanol–water partition coefficient (Wildman–Crippen LogP) is 13.4. The minimum Gasteiger partial charge on any atom is -0.455 e. The molecule has 230 valence electrons. The standard InChI is InChI=1S/C46H29NO2/c1-3-13-30(14-4-1)31-25-27-34(28-26-31)47(40-22-11-20-37-36-19-9-10-23-41(36)48-45(37)40)39-21-12-24-42-44(39)43-35-18-8-7-17-33(35)29-38(46(43)49-42)32-15-5-2-6-16-32/h1-29H. The number of fused-ring (bicyclic) bond motifs is 8. The van der Waals surface area contributed by atoms with Crippen molar-refractivity contribution in [2.75, 3.05) is 4.90 Å². The molecule has 0 radical (unpaired) electrons. The molecule has 0 aliphatic rings. The van der Waals surface area contributed by atoms with Crippen LogP contribution >= 0.6 is 0 Å². The van der Waals surface area contributed by atoms with Gasteiger partial charge in [0, 0.05) is 27.4 Å². The lowest BCUT2D eigenvalue weighted by molar-refractivity contribution is 0.668. The molecular formula is C46H29NO2. The summed E-state index contributed by atoms with van der Waals surface area (Å²) < 4.78 is 13.5. The second-order valence-corrected chi connectivity index (χ2v) is 12.5. The van der Waals surface area contributed by atoms with E-state index in [1.165, 1.54) is 10.9 Å². The minimum absolute atomic E-state index is 0.837. The molecule has 0 aliphatic heterocycles. The van der Waals surface area contributed by atoms with E-state index in [4.69, 9.17) is 8.83 Å². The van der Waals surface area contributed by atoms with Gasteiger partial charge in [0.05, 0.1) is 16.8 Å². The molecule has 0 fully saturated rings. The molecule has 0 bridgehead atoms. The molecule has 3 nitrogen and oxygen atoms in total. The number of nitrogens with zero attached hydrogens (tertiary/aromatic N) is 1. The summed E-state index contributed by atoms with van der Waals surface area (Å²) >= 11 is 0. The van der Waals surface area contributed by atoms with E-state index in [1.807, 2.05) is 12.1 Å². The quantitative estimate of drug-likeness (QED) is 0.190. The third-order valence-corrected chi connectivity index (χ3v) is 9.65. The zero-order valence-electron chi connectivity index (χ0n) is 26.5. The van der Waals surface area contributed by atoms with Gasteiger partial charge in [0.2, 0.25) is 0 Å². The Morgan fingerprint density at radius 1 is 0.367 bits per heavy atom. The summed E-state index contributed by atoms with van der Waals surface area (Å²) in [4.78, 5) is 2.33. The maximum absolute atomic E-state index is 6.87. The molecule has 8 aromatic carbocycles. The van der Waals surface area contributed by atoms with E-state index >= 15 is 0 Å². The van der Waals surface area contributed by atoms with Gasteiger partial charge in [-0.25, -0.2) is 0 Å². The Balaban J connectivity index is 1.30. The first-order chi connectivity index (χ1) is 24.3. The van der Waals surface area contributed by atoms with Crippen LogP contribution in [0.1, 0.15) is 0 Å². The van der Waals surface area contributed by atoms with E-state index in [2.05, 4.69) is 169 Å². The molecule has 2 heterocycles. The van der Waals surface area contributed by atoms with E-state index in [-0.39, 0.29) is 0 Å². The molecule has 2 aromatic heterocycles. The number of benzene rings is 8. The maximum Gasteiger partial charge on any atom is 0.159 e. The van der Waals surface area contributed by atoms with Crippen molar-refractivity contribution in [2.45, 2.75) is 0 Å². The third-order valence-electron chi connectivity index (χ3n) is 9.65. The molecule has 49 heavy (non-hydrogen) atoms. The molecule has 0 unspecified atom stereocenters. The van der Waals surface area contributed by atoms with Crippen molar-refractivity contribution in [3.63, 3.8) is 0 Å². The molecule has 10 aromatic rings. The van der Waals surface area contributed by atoms with Crippen LogP contribution in [0.4, 0.5) is 17.1 Å². The normalized spacial score (nSPS) is 11.7. The van der Waals surface area contributed by atoms with Crippen molar-refractivity contribution in [2.24, 2.45) is 0 Å². The molecular weight excluding hydrogens is 599 g/mol. The van der Waals surface area contributed by atoms with E-state index in [1.54, 1.807) is 0 Å². The molecule has 0 saturated carbocycles. The minimum atomic E-state index is 0.837. The number of anilines is 3. The van der Waals surface area contributed by atoms with Crippen molar-refractivity contribution in [3.8, 4) is 22.3 Å². The lowest BCUT2D eigenvalue weighted by Crippen LogP contribution is -2.10. The molecule has 0 aliphatic carbocycles. The summed E-state index contributed by atoms with van der Waals surface area (Å²) in [5.74, 6) is 0. The maximum atomic E-state index is 6.87. The second kappa shape index (κ2) is 11.0. The van der Waals surface area contributed by atoms with E-state index in [0.717, 1.165) is 83.0 Å². The molecule has 3 heteroatoms. The second-order valence-electron chi connectivity index (χ2n) is 12.5. The number of furan rings is 2. The highest BCUT2D eigenvalue weighted by molar-refractivity contribution is 6.26. The van der Waals surface area contributed by atoms with Gasteiger partial charge in [-0.3, -0.25) is 0 Å². The van der Waals surface area contributed by atoms with Gasteiger partial charge in [-0.15, -0.1) is 0 Å². The van der Waals surface area contributed by atoms with Crippen molar-refractivity contribution in [1.29, 1.82) is 0 Å². The Kier molecular flexibility index (Phi) is 6.18. The third kappa shape index (κ3) is 4.37. The average molecular weight is 628 g/mol. The van der Waals surface area contributed by atoms with Gasteiger partial charge >= 0.3 is 0 Å². The highest BCUT2D eigenvalue weighted by Gasteiger charge is 2.25. The Morgan fingerprint density at radius 3 is 1.78 bits per heavy atom. The first-order valence-corrected chi connectivity index (χ1v) is 16.6. The molecule has 0 spiro atoms. The van der Waals surface area contributed by atoms with Crippen molar-refractivity contribution < 1.29 is 8.83 Å². The van der Waals surface area contributed by atoms with Gasteiger partial charge in [0.25, 0.3) is 0 Å². The number of hydrogen-bond acceptors (Lipinski definition) is 3. The lowest BCUT2D eigenvalue weighted by atomic mass is 9.95. The topological polar surface area (TPSA) is 29.5 Å². The number of hydrogen-bond donors (Lipinski definition) is 0. The van der Waals surface area contributed by atoms with E-state index in [9.17, 15) is 0 Å². The van der Waals surface area contributed by atoms with Crippen LogP contribution in [0.25, 0.3) is 76.9 Å². The first-order valence-electron chi connectivity index (χ1n) is 16.6. The highest BCUT2D eigenvalue weighted by atomic mass is 16.3. The Morgan fingerprint density at radius 2 is 0.959 bits per heavy atom. The molecule has 0 atom stereocenters. The van der Waals surface area contributed by atoms with Crippen LogP contribution in [0.5, 0.6) is 0 Å². The lowest BCUT2D eigenvalue weighted by Gasteiger charge is -2.26. The van der Waals surface area contributed by atoms with Crippen molar-refractivity contribution in [3.05, 3.63) is 176 Å². The predicted molar refractivity (Wildman–Crippen MR) is 204 cm³/mol. The van der Waals surface area contributed by atoms with Gasteiger partial charge in [-0.1, -0.05) is 133 Å². The van der Waals surface area contributed by atoms with E-state index in [0.29, 0.717) is 0 Å². The molecule has 0 N–H and O–H groups in total. The number of para-hydroxylation sites is 2. The molecule has 0 saturated heterocycles. The zero-order chi connectivity index (χ0) is 32.3. The summed E-state index contributed by atoms with van der Waals surface area (Å²) in [6.07, 6.45) is 0. The van der Waals surface area contributed by atoms with Crippen LogP contribution in [0, 0.1) is 0 Å². The van der Waals surface area contributed by atoms with E-state index < -0.39 is 0 Å². The Bertz CT molecular complexity index is 2810. The fraction of sp³-hybridized carbons (Fsp3) is 0. The molecule has 10 rings (SSSR count). The van der Waals surface area contributed by atoms with Crippen LogP contribution in [0.2, 0.25) is 0 Å².